The van der Waals surface area contributed by atoms with Gasteiger partial charge in [-0.3, -0.25) is 14.9 Å². The first kappa shape index (κ1) is 18.6. The summed E-state index contributed by atoms with van der Waals surface area (Å²) >= 11 is 2.64. The molecule has 26 heavy (non-hydrogen) atoms. The number of hydrogen-bond donors (Lipinski definition) is 1. The maximum atomic E-state index is 12.2. The molecule has 0 bridgehead atoms. The van der Waals surface area contributed by atoms with E-state index in [1.165, 1.54) is 35.6 Å². The lowest BCUT2D eigenvalue weighted by Gasteiger charge is -2.26. The summed E-state index contributed by atoms with van der Waals surface area (Å²) in [5.41, 5.74) is 0.951. The average molecular weight is 389 g/mol. The Morgan fingerprint density at radius 2 is 1.92 bits per heavy atom. The largest absolute Gasteiger partial charge is 0.342 e. The zero-order valence-electron chi connectivity index (χ0n) is 14.3. The van der Waals surface area contributed by atoms with Gasteiger partial charge in [-0.15, -0.1) is 10.2 Å². The van der Waals surface area contributed by atoms with Gasteiger partial charge in [0.1, 0.15) is 0 Å². The molecule has 6 nitrogen and oxygen atoms in total. The molecule has 3 rings (SSSR count). The highest BCUT2D eigenvalue weighted by Gasteiger charge is 2.17. The molecule has 2 amide bonds. The van der Waals surface area contributed by atoms with Gasteiger partial charge in [0.15, 0.2) is 4.34 Å². The van der Waals surface area contributed by atoms with E-state index in [9.17, 15) is 9.59 Å². The van der Waals surface area contributed by atoms with E-state index in [1.54, 1.807) is 6.08 Å². The van der Waals surface area contributed by atoms with Crippen molar-refractivity contribution < 1.29 is 9.59 Å². The van der Waals surface area contributed by atoms with E-state index in [0.717, 1.165) is 31.5 Å². The number of thioether (sulfide) groups is 1. The molecule has 0 aliphatic carbocycles. The number of piperidine rings is 1. The van der Waals surface area contributed by atoms with Crippen LogP contribution in [0.3, 0.4) is 0 Å². The molecule has 0 radical (unpaired) electrons. The zero-order chi connectivity index (χ0) is 18.2. The third kappa shape index (κ3) is 5.67. The fraction of sp³-hybridized carbons (Fsp3) is 0.333. The Kier molecular flexibility index (Phi) is 6.79. The monoisotopic (exact) mass is 388 g/mol. The van der Waals surface area contributed by atoms with Gasteiger partial charge in [0.2, 0.25) is 16.9 Å². The number of rotatable bonds is 6. The summed E-state index contributed by atoms with van der Waals surface area (Å²) < 4.78 is 0.678. The van der Waals surface area contributed by atoms with Crippen LogP contribution in [-0.2, 0) is 9.59 Å². The standard InChI is InChI=1S/C18H20N4O2S2/c23-15(10-9-14-7-3-1-4-8-14)19-17-20-21-18(26-17)25-13-16(24)22-11-5-2-6-12-22/h1,3-4,7-10H,2,5-6,11-13H2,(H,19,20,23)/b10-9+. The number of amides is 2. The Bertz CT molecular complexity index is 771. The van der Waals surface area contributed by atoms with Crippen molar-refractivity contribution in [2.45, 2.75) is 23.6 Å². The molecule has 136 valence electrons. The van der Waals surface area contributed by atoms with E-state index < -0.39 is 0 Å². The second kappa shape index (κ2) is 9.49. The highest BCUT2D eigenvalue weighted by molar-refractivity contribution is 8.01. The second-order valence-electron chi connectivity index (χ2n) is 5.84. The molecular weight excluding hydrogens is 368 g/mol. The summed E-state index contributed by atoms with van der Waals surface area (Å²) in [5.74, 6) is 0.239. The molecule has 1 aliphatic rings. The minimum absolute atomic E-state index is 0.140. The van der Waals surface area contributed by atoms with Crippen molar-refractivity contribution in [1.29, 1.82) is 0 Å². The Morgan fingerprint density at radius 1 is 1.15 bits per heavy atom. The van der Waals surface area contributed by atoms with Crippen LogP contribution in [0.15, 0.2) is 40.7 Å². The number of likely N-dealkylation sites (tertiary alicyclic amines) is 1. The minimum atomic E-state index is -0.258. The number of carbonyl (C=O) groups excluding carboxylic acids is 2. The van der Waals surface area contributed by atoms with Crippen LogP contribution in [0.25, 0.3) is 6.08 Å². The first-order valence-corrected chi connectivity index (χ1v) is 10.3. The molecular formula is C18H20N4O2S2. The molecule has 2 heterocycles. The van der Waals surface area contributed by atoms with Crippen molar-refractivity contribution in [2.24, 2.45) is 0 Å². The minimum Gasteiger partial charge on any atom is -0.342 e. The average Bonchev–Trinajstić information content (AvgIpc) is 3.13. The normalized spacial score (nSPS) is 14.5. The molecule has 1 aromatic heterocycles. The summed E-state index contributed by atoms with van der Waals surface area (Å²) in [6, 6.07) is 9.59. The fourth-order valence-electron chi connectivity index (χ4n) is 2.56. The smallest absolute Gasteiger partial charge is 0.250 e. The van der Waals surface area contributed by atoms with Gasteiger partial charge < -0.3 is 4.90 Å². The number of anilines is 1. The summed E-state index contributed by atoms with van der Waals surface area (Å²) in [6.07, 6.45) is 6.58. The van der Waals surface area contributed by atoms with Crippen LogP contribution in [0.5, 0.6) is 0 Å². The van der Waals surface area contributed by atoms with Crippen LogP contribution in [0, 0.1) is 0 Å². The van der Waals surface area contributed by atoms with Gasteiger partial charge >= 0.3 is 0 Å². The molecule has 1 saturated heterocycles. The molecule has 0 saturated carbocycles. The first-order chi connectivity index (χ1) is 12.7. The predicted molar refractivity (Wildman–Crippen MR) is 105 cm³/mol. The van der Waals surface area contributed by atoms with Gasteiger partial charge in [0.05, 0.1) is 5.75 Å². The van der Waals surface area contributed by atoms with Crippen LogP contribution in [0.4, 0.5) is 5.13 Å². The van der Waals surface area contributed by atoms with Gasteiger partial charge in [0.25, 0.3) is 0 Å². The van der Waals surface area contributed by atoms with Crippen LogP contribution in [0.1, 0.15) is 24.8 Å². The van der Waals surface area contributed by atoms with E-state index in [2.05, 4.69) is 15.5 Å². The van der Waals surface area contributed by atoms with Gasteiger partial charge in [-0.2, -0.15) is 0 Å². The van der Waals surface area contributed by atoms with E-state index in [-0.39, 0.29) is 11.8 Å². The molecule has 1 fully saturated rings. The van der Waals surface area contributed by atoms with E-state index in [1.807, 2.05) is 35.2 Å². The lowest BCUT2D eigenvalue weighted by Crippen LogP contribution is -2.36. The number of nitrogens with one attached hydrogen (secondary N) is 1. The molecule has 8 heteroatoms. The first-order valence-electron chi connectivity index (χ1n) is 8.49. The van der Waals surface area contributed by atoms with Crippen LogP contribution in [0.2, 0.25) is 0 Å². The van der Waals surface area contributed by atoms with Crippen molar-refractivity contribution in [3.8, 4) is 0 Å². The van der Waals surface area contributed by atoms with Crippen molar-refractivity contribution in [2.75, 3.05) is 24.2 Å². The molecule has 1 aliphatic heterocycles. The summed E-state index contributed by atoms with van der Waals surface area (Å²) in [7, 11) is 0. The lowest BCUT2D eigenvalue weighted by atomic mass is 10.1. The van der Waals surface area contributed by atoms with Crippen molar-refractivity contribution in [1.82, 2.24) is 15.1 Å². The van der Waals surface area contributed by atoms with Crippen molar-refractivity contribution >= 4 is 46.1 Å². The molecule has 0 atom stereocenters. The third-order valence-electron chi connectivity index (χ3n) is 3.89. The highest BCUT2D eigenvalue weighted by Crippen LogP contribution is 2.26. The SMILES string of the molecule is O=C(/C=C/c1ccccc1)Nc1nnc(SCC(=O)N2CCCCC2)s1. The van der Waals surface area contributed by atoms with Crippen LogP contribution in [-0.4, -0.2) is 45.8 Å². The van der Waals surface area contributed by atoms with Gasteiger partial charge in [-0.25, -0.2) is 0 Å². The maximum Gasteiger partial charge on any atom is 0.250 e. The topological polar surface area (TPSA) is 75.2 Å². The molecule has 2 aromatic rings. The lowest BCUT2D eigenvalue weighted by molar-refractivity contribution is -0.129. The van der Waals surface area contributed by atoms with Crippen LogP contribution >= 0.6 is 23.1 Å². The van der Waals surface area contributed by atoms with Gasteiger partial charge in [-0.05, 0) is 30.9 Å². The Morgan fingerprint density at radius 3 is 2.69 bits per heavy atom. The van der Waals surface area contributed by atoms with Gasteiger partial charge in [0, 0.05) is 19.2 Å². The molecule has 0 spiro atoms. The van der Waals surface area contributed by atoms with Crippen molar-refractivity contribution in [3.05, 3.63) is 42.0 Å². The number of benzene rings is 1. The maximum absolute atomic E-state index is 12.2. The zero-order valence-corrected chi connectivity index (χ0v) is 15.9. The quantitative estimate of drug-likeness (QED) is 0.467. The van der Waals surface area contributed by atoms with Crippen molar-refractivity contribution in [3.63, 3.8) is 0 Å². The molecule has 1 aromatic carbocycles. The fourth-order valence-corrected chi connectivity index (χ4v) is 4.22. The summed E-state index contributed by atoms with van der Waals surface area (Å²) in [6.45, 7) is 1.70. The van der Waals surface area contributed by atoms with E-state index >= 15 is 0 Å². The summed E-state index contributed by atoms with van der Waals surface area (Å²) in [5, 5.41) is 11.1. The number of nitrogens with zero attached hydrogens (tertiary/aromatic N) is 3. The Labute approximate surface area is 160 Å². The van der Waals surface area contributed by atoms with E-state index in [0.29, 0.717) is 15.2 Å². The molecule has 1 N–H and O–H groups in total. The number of aromatic nitrogens is 2. The predicted octanol–water partition coefficient (Wildman–Crippen LogP) is 3.29. The molecule has 0 unspecified atom stereocenters. The van der Waals surface area contributed by atoms with Crippen LogP contribution < -0.4 is 5.32 Å². The van der Waals surface area contributed by atoms with Gasteiger partial charge in [-0.1, -0.05) is 53.4 Å². The number of carbonyl (C=O) groups is 2. The highest BCUT2D eigenvalue weighted by atomic mass is 32.2. The third-order valence-corrected chi connectivity index (χ3v) is 5.85. The Hall–Kier alpha value is -2.19. The summed E-state index contributed by atoms with van der Waals surface area (Å²) in [4.78, 5) is 26.0. The van der Waals surface area contributed by atoms with E-state index in [4.69, 9.17) is 0 Å². The Balaban J connectivity index is 1.46. The second-order valence-corrected chi connectivity index (χ2v) is 8.04. The number of hydrogen-bond acceptors (Lipinski definition) is 6.